The number of nitrogens with one attached hydrogen (secondary N) is 2. The number of fused-ring (bicyclic) bond motifs is 1. The highest BCUT2D eigenvalue weighted by Crippen LogP contribution is 2.33. The topological polar surface area (TPSA) is 92.7 Å². The van der Waals surface area contributed by atoms with Crippen LogP contribution in [0.15, 0.2) is 54.7 Å². The van der Waals surface area contributed by atoms with Gasteiger partial charge in [0.05, 0.1) is 28.7 Å². The number of aromatic nitrogens is 1. The molecule has 1 aromatic heterocycles. The molecule has 0 aliphatic carbocycles. The lowest BCUT2D eigenvalue weighted by atomic mass is 10.1. The smallest absolute Gasteiger partial charge is 0.250 e. The van der Waals surface area contributed by atoms with Crippen molar-refractivity contribution in [1.82, 2.24) is 4.98 Å². The summed E-state index contributed by atoms with van der Waals surface area (Å²) in [6.07, 6.45) is 1.60. The Morgan fingerprint density at radius 2 is 1.94 bits per heavy atom. The van der Waals surface area contributed by atoms with Gasteiger partial charge in [-0.3, -0.25) is 9.78 Å². The average molecular weight is 424 g/mol. The van der Waals surface area contributed by atoms with Crippen molar-refractivity contribution in [3.05, 3.63) is 60.3 Å². The summed E-state index contributed by atoms with van der Waals surface area (Å²) in [5, 5.41) is 17.1. The quantitative estimate of drug-likeness (QED) is 0.457. The third kappa shape index (κ3) is 6.67. The van der Waals surface area contributed by atoms with Gasteiger partial charge < -0.3 is 25.2 Å². The van der Waals surface area contributed by atoms with Crippen LogP contribution in [-0.2, 0) is 16.1 Å². The summed E-state index contributed by atoms with van der Waals surface area (Å²) in [6, 6.07) is 15.5. The molecule has 3 rings (SSSR count). The van der Waals surface area contributed by atoms with Crippen molar-refractivity contribution in [3.63, 3.8) is 0 Å². The molecule has 1 heterocycles. The van der Waals surface area contributed by atoms with Crippen LogP contribution in [-0.4, -0.2) is 41.4 Å². The van der Waals surface area contributed by atoms with E-state index in [2.05, 4.69) is 15.6 Å². The second-order valence-corrected chi connectivity index (χ2v) is 7.85. The zero-order valence-electron chi connectivity index (χ0n) is 18.1. The zero-order valence-corrected chi connectivity index (χ0v) is 18.1. The predicted octanol–water partition coefficient (Wildman–Crippen LogP) is 3.97. The van der Waals surface area contributed by atoms with E-state index >= 15 is 0 Å². The standard InChI is InChI=1S/C24H29N3O4/c1-4-30-15-22(28)27-21-13-25-20-11-10-18(31-14-17-8-6-5-7-9-17)12-19(20)23(21)26-16-24(2,3)29/h5-13,29H,4,14-16H2,1-3H3,(H,25,26)(H,27,28). The van der Waals surface area contributed by atoms with E-state index < -0.39 is 5.60 Å². The van der Waals surface area contributed by atoms with Crippen LogP contribution in [0.2, 0.25) is 0 Å². The van der Waals surface area contributed by atoms with Crippen LogP contribution in [0.4, 0.5) is 11.4 Å². The Morgan fingerprint density at radius 3 is 2.65 bits per heavy atom. The first-order valence-electron chi connectivity index (χ1n) is 10.3. The molecule has 0 unspecified atom stereocenters. The summed E-state index contributed by atoms with van der Waals surface area (Å²) in [4.78, 5) is 16.7. The van der Waals surface area contributed by atoms with E-state index in [1.54, 1.807) is 20.0 Å². The zero-order chi connectivity index (χ0) is 22.3. The first-order valence-corrected chi connectivity index (χ1v) is 10.3. The summed E-state index contributed by atoms with van der Waals surface area (Å²) in [6.45, 7) is 6.40. The van der Waals surface area contributed by atoms with Gasteiger partial charge in [-0.2, -0.15) is 0 Å². The molecule has 2 aromatic carbocycles. The van der Waals surface area contributed by atoms with Crippen LogP contribution < -0.4 is 15.4 Å². The fraction of sp³-hybridized carbons (Fsp3) is 0.333. The van der Waals surface area contributed by atoms with Gasteiger partial charge in [-0.25, -0.2) is 0 Å². The van der Waals surface area contributed by atoms with E-state index in [0.29, 0.717) is 30.3 Å². The summed E-state index contributed by atoms with van der Waals surface area (Å²) < 4.78 is 11.2. The number of carbonyl (C=O) groups is 1. The first kappa shape index (κ1) is 22.5. The van der Waals surface area contributed by atoms with Gasteiger partial charge in [-0.15, -0.1) is 0 Å². The molecule has 0 atom stereocenters. The second kappa shape index (κ2) is 10.2. The number of pyridine rings is 1. The van der Waals surface area contributed by atoms with Crippen molar-refractivity contribution in [2.75, 3.05) is 30.4 Å². The van der Waals surface area contributed by atoms with Crippen LogP contribution >= 0.6 is 0 Å². The minimum atomic E-state index is -0.941. The number of rotatable bonds is 10. The number of amides is 1. The van der Waals surface area contributed by atoms with E-state index in [0.717, 1.165) is 16.5 Å². The highest BCUT2D eigenvalue weighted by Gasteiger charge is 2.17. The van der Waals surface area contributed by atoms with E-state index in [1.807, 2.05) is 55.5 Å². The highest BCUT2D eigenvalue weighted by molar-refractivity contribution is 6.03. The maximum absolute atomic E-state index is 12.2. The summed E-state index contributed by atoms with van der Waals surface area (Å²) in [7, 11) is 0. The lowest BCUT2D eigenvalue weighted by Crippen LogP contribution is -2.30. The normalized spacial score (nSPS) is 11.4. The molecule has 0 radical (unpaired) electrons. The lowest BCUT2D eigenvalue weighted by molar-refractivity contribution is -0.120. The number of benzene rings is 2. The molecule has 0 saturated heterocycles. The van der Waals surface area contributed by atoms with Gasteiger partial charge in [0.15, 0.2) is 0 Å². The number of aliphatic hydroxyl groups is 1. The molecule has 7 heteroatoms. The molecule has 0 aliphatic rings. The number of hydrogen-bond acceptors (Lipinski definition) is 6. The number of hydrogen-bond donors (Lipinski definition) is 3. The van der Waals surface area contributed by atoms with Gasteiger partial charge in [0.25, 0.3) is 0 Å². The van der Waals surface area contributed by atoms with Gasteiger partial charge in [0.1, 0.15) is 19.0 Å². The molecule has 1 amide bonds. The lowest BCUT2D eigenvalue weighted by Gasteiger charge is -2.22. The van der Waals surface area contributed by atoms with E-state index in [9.17, 15) is 9.90 Å². The monoisotopic (exact) mass is 423 g/mol. The Hall–Kier alpha value is -3.16. The number of ether oxygens (including phenoxy) is 2. The molecule has 3 aromatic rings. The number of nitrogens with zero attached hydrogens (tertiary/aromatic N) is 1. The molecule has 0 bridgehead atoms. The van der Waals surface area contributed by atoms with Crippen molar-refractivity contribution in [1.29, 1.82) is 0 Å². The van der Waals surface area contributed by atoms with Gasteiger partial charge in [0.2, 0.25) is 5.91 Å². The molecule has 0 fully saturated rings. The van der Waals surface area contributed by atoms with Crippen LogP contribution in [0, 0.1) is 0 Å². The van der Waals surface area contributed by atoms with Crippen LogP contribution in [0.3, 0.4) is 0 Å². The minimum absolute atomic E-state index is 0.0420. The summed E-state index contributed by atoms with van der Waals surface area (Å²) in [5.41, 5.74) is 2.05. The largest absolute Gasteiger partial charge is 0.489 e. The Kier molecular flexibility index (Phi) is 7.44. The third-order valence-corrected chi connectivity index (χ3v) is 4.50. The van der Waals surface area contributed by atoms with Crippen molar-refractivity contribution in [2.45, 2.75) is 33.0 Å². The van der Waals surface area contributed by atoms with Crippen LogP contribution in [0.25, 0.3) is 10.9 Å². The van der Waals surface area contributed by atoms with Crippen molar-refractivity contribution < 1.29 is 19.4 Å². The van der Waals surface area contributed by atoms with Crippen LogP contribution in [0.1, 0.15) is 26.3 Å². The third-order valence-electron chi connectivity index (χ3n) is 4.50. The summed E-state index contributed by atoms with van der Waals surface area (Å²) >= 11 is 0. The van der Waals surface area contributed by atoms with Crippen molar-refractivity contribution in [3.8, 4) is 5.75 Å². The van der Waals surface area contributed by atoms with Gasteiger partial charge >= 0.3 is 0 Å². The van der Waals surface area contributed by atoms with E-state index in [-0.39, 0.29) is 19.1 Å². The molecule has 7 nitrogen and oxygen atoms in total. The molecule has 0 spiro atoms. The van der Waals surface area contributed by atoms with Gasteiger partial charge in [0, 0.05) is 18.5 Å². The molecular weight excluding hydrogens is 394 g/mol. The Bertz CT molecular complexity index is 1020. The first-order chi connectivity index (χ1) is 14.9. The van der Waals surface area contributed by atoms with Crippen LogP contribution in [0.5, 0.6) is 5.75 Å². The Labute approximate surface area is 182 Å². The Morgan fingerprint density at radius 1 is 1.16 bits per heavy atom. The maximum atomic E-state index is 12.2. The van der Waals surface area contributed by atoms with E-state index in [1.165, 1.54) is 0 Å². The second-order valence-electron chi connectivity index (χ2n) is 7.85. The van der Waals surface area contributed by atoms with E-state index in [4.69, 9.17) is 9.47 Å². The highest BCUT2D eigenvalue weighted by atomic mass is 16.5. The minimum Gasteiger partial charge on any atom is -0.489 e. The molecule has 0 aliphatic heterocycles. The SMILES string of the molecule is CCOCC(=O)Nc1cnc2ccc(OCc3ccccc3)cc2c1NCC(C)(C)O. The fourth-order valence-electron chi connectivity index (χ4n) is 2.97. The number of anilines is 2. The molecule has 3 N–H and O–H groups in total. The average Bonchev–Trinajstić information content (AvgIpc) is 2.75. The van der Waals surface area contributed by atoms with Gasteiger partial charge in [-0.05, 0) is 44.5 Å². The molecular formula is C24H29N3O4. The number of carbonyl (C=O) groups excluding carboxylic acids is 1. The molecule has 31 heavy (non-hydrogen) atoms. The summed E-state index contributed by atoms with van der Waals surface area (Å²) in [5.74, 6) is 0.410. The predicted molar refractivity (Wildman–Crippen MR) is 122 cm³/mol. The molecule has 0 saturated carbocycles. The Balaban J connectivity index is 1.91. The molecule has 164 valence electrons. The van der Waals surface area contributed by atoms with Gasteiger partial charge in [-0.1, -0.05) is 30.3 Å². The maximum Gasteiger partial charge on any atom is 0.250 e. The van der Waals surface area contributed by atoms with Crippen molar-refractivity contribution in [2.24, 2.45) is 0 Å². The fourth-order valence-corrected chi connectivity index (χ4v) is 2.97. The van der Waals surface area contributed by atoms with Crippen molar-refractivity contribution >= 4 is 28.2 Å².